The second kappa shape index (κ2) is 8.94. The Labute approximate surface area is 180 Å². The van der Waals surface area contributed by atoms with Crippen molar-refractivity contribution in [2.24, 2.45) is 5.92 Å². The van der Waals surface area contributed by atoms with Crippen LogP contribution in [0.1, 0.15) is 18.4 Å². The summed E-state index contributed by atoms with van der Waals surface area (Å²) in [5, 5.41) is 9.34. The fourth-order valence-electron chi connectivity index (χ4n) is 3.67. The van der Waals surface area contributed by atoms with Crippen molar-refractivity contribution in [3.05, 3.63) is 54.2 Å². The van der Waals surface area contributed by atoms with Gasteiger partial charge in [-0.1, -0.05) is 18.2 Å². The molecule has 4 rings (SSSR count). The molecule has 31 heavy (non-hydrogen) atoms. The third-order valence-electron chi connectivity index (χ3n) is 5.34. The van der Waals surface area contributed by atoms with Crippen LogP contribution in [-0.4, -0.2) is 49.0 Å². The van der Waals surface area contributed by atoms with Crippen molar-refractivity contribution in [1.29, 1.82) is 0 Å². The summed E-state index contributed by atoms with van der Waals surface area (Å²) in [5.41, 5.74) is 1.45. The van der Waals surface area contributed by atoms with Crippen LogP contribution in [0.3, 0.4) is 0 Å². The molecule has 0 aliphatic carbocycles. The van der Waals surface area contributed by atoms with E-state index in [0.717, 1.165) is 5.56 Å². The summed E-state index contributed by atoms with van der Waals surface area (Å²) in [4.78, 5) is 12.7. The number of ether oxygens (including phenoxy) is 1. The lowest BCUT2D eigenvalue weighted by atomic mass is 9.98. The van der Waals surface area contributed by atoms with Crippen molar-refractivity contribution in [2.45, 2.75) is 24.5 Å². The van der Waals surface area contributed by atoms with E-state index in [4.69, 9.17) is 9.15 Å². The Morgan fingerprint density at radius 1 is 1.29 bits per heavy atom. The average molecular weight is 445 g/mol. The standard InChI is InChI=1S/C21H24N4O5S/c1-29-18-7-3-2-5-15(18)13-22-21(26)16-6-4-12-25(14-16)31(27,28)20-9-8-19(30-20)17-10-11-23-24-17/h2-3,5,7-11,16H,4,6,12-14H2,1H3,(H,22,26)(H,23,24)/t16-/m0/s1. The number of H-pyrrole nitrogens is 1. The van der Waals surface area contributed by atoms with Crippen LogP contribution in [0.15, 0.2) is 58.2 Å². The number of amides is 1. The first-order chi connectivity index (χ1) is 15.0. The van der Waals surface area contributed by atoms with Gasteiger partial charge in [0, 0.05) is 31.4 Å². The monoisotopic (exact) mass is 444 g/mol. The number of benzene rings is 1. The van der Waals surface area contributed by atoms with Crippen LogP contribution in [0, 0.1) is 5.92 Å². The van der Waals surface area contributed by atoms with Crippen LogP contribution in [-0.2, 0) is 21.4 Å². The number of sulfonamides is 1. The Hall–Kier alpha value is -3.11. The second-order valence-corrected chi connectivity index (χ2v) is 9.19. The number of nitrogens with zero attached hydrogens (tertiary/aromatic N) is 2. The molecule has 10 heteroatoms. The molecule has 164 valence electrons. The number of hydrogen-bond acceptors (Lipinski definition) is 6. The van der Waals surface area contributed by atoms with E-state index < -0.39 is 15.9 Å². The number of nitrogens with one attached hydrogen (secondary N) is 2. The largest absolute Gasteiger partial charge is 0.496 e. The summed E-state index contributed by atoms with van der Waals surface area (Å²) in [7, 11) is -2.26. The van der Waals surface area contributed by atoms with Gasteiger partial charge < -0.3 is 14.5 Å². The smallest absolute Gasteiger partial charge is 0.276 e. The number of hydrogen-bond donors (Lipinski definition) is 2. The molecule has 3 heterocycles. The molecule has 0 bridgehead atoms. The zero-order valence-corrected chi connectivity index (χ0v) is 17.9. The minimum absolute atomic E-state index is 0.111. The summed E-state index contributed by atoms with van der Waals surface area (Å²) < 4.78 is 38.3. The first-order valence-electron chi connectivity index (χ1n) is 9.98. The second-order valence-electron chi connectivity index (χ2n) is 7.32. The quantitative estimate of drug-likeness (QED) is 0.578. The lowest BCUT2D eigenvalue weighted by Gasteiger charge is -2.30. The highest BCUT2D eigenvalue weighted by atomic mass is 32.2. The maximum Gasteiger partial charge on any atom is 0.276 e. The van der Waals surface area contributed by atoms with Gasteiger partial charge >= 0.3 is 0 Å². The Balaban J connectivity index is 1.42. The van der Waals surface area contributed by atoms with Crippen LogP contribution in [0.4, 0.5) is 0 Å². The number of aromatic amines is 1. The lowest BCUT2D eigenvalue weighted by Crippen LogP contribution is -2.45. The molecule has 2 aromatic heterocycles. The fraction of sp³-hybridized carbons (Fsp3) is 0.333. The van der Waals surface area contributed by atoms with E-state index >= 15 is 0 Å². The first-order valence-corrected chi connectivity index (χ1v) is 11.4. The Bertz CT molecular complexity index is 1140. The summed E-state index contributed by atoms with van der Waals surface area (Å²) in [6.45, 7) is 0.775. The number of rotatable bonds is 7. The highest BCUT2D eigenvalue weighted by molar-refractivity contribution is 7.89. The zero-order valence-electron chi connectivity index (χ0n) is 17.1. The zero-order chi connectivity index (χ0) is 21.8. The molecule has 1 aliphatic rings. The van der Waals surface area contributed by atoms with Gasteiger partial charge in [-0.05, 0) is 37.1 Å². The van der Waals surface area contributed by atoms with E-state index in [2.05, 4.69) is 15.5 Å². The minimum Gasteiger partial charge on any atom is -0.496 e. The highest BCUT2D eigenvalue weighted by Gasteiger charge is 2.35. The number of piperidine rings is 1. The molecule has 9 nitrogen and oxygen atoms in total. The summed E-state index contributed by atoms with van der Waals surface area (Å²) in [6.07, 6.45) is 2.78. The van der Waals surface area contributed by atoms with E-state index in [1.807, 2.05) is 24.3 Å². The highest BCUT2D eigenvalue weighted by Crippen LogP contribution is 2.28. The van der Waals surface area contributed by atoms with Crippen molar-refractivity contribution in [3.63, 3.8) is 0 Å². The van der Waals surface area contributed by atoms with Gasteiger partial charge in [0.2, 0.25) is 11.0 Å². The molecule has 3 aromatic rings. The molecule has 1 aliphatic heterocycles. The van der Waals surface area contributed by atoms with Crippen LogP contribution >= 0.6 is 0 Å². The van der Waals surface area contributed by atoms with Gasteiger partial charge in [0.1, 0.15) is 11.4 Å². The van der Waals surface area contributed by atoms with Crippen molar-refractivity contribution in [3.8, 4) is 17.2 Å². The minimum atomic E-state index is -3.84. The van der Waals surface area contributed by atoms with E-state index in [1.54, 1.807) is 25.4 Å². The van der Waals surface area contributed by atoms with Gasteiger partial charge in [-0.3, -0.25) is 9.89 Å². The SMILES string of the molecule is COc1ccccc1CNC(=O)[C@H]1CCCN(S(=O)(=O)c2ccc(-c3ccn[nH]3)o2)C1. The summed E-state index contributed by atoms with van der Waals surface area (Å²) >= 11 is 0. The predicted octanol–water partition coefficient (Wildman–Crippen LogP) is 2.40. The molecule has 0 radical (unpaired) electrons. The van der Waals surface area contributed by atoms with Crippen molar-refractivity contribution in [2.75, 3.05) is 20.2 Å². The van der Waals surface area contributed by atoms with Gasteiger partial charge in [0.15, 0.2) is 5.76 Å². The maximum absolute atomic E-state index is 13.1. The molecule has 1 fully saturated rings. The first kappa shape index (κ1) is 21.1. The van der Waals surface area contributed by atoms with Crippen molar-refractivity contribution < 1.29 is 22.4 Å². The molecule has 1 aromatic carbocycles. The van der Waals surface area contributed by atoms with Gasteiger partial charge in [-0.2, -0.15) is 9.40 Å². The molecule has 0 saturated carbocycles. The number of carbonyl (C=O) groups is 1. The molecule has 0 unspecified atom stereocenters. The normalized spacial score (nSPS) is 17.4. The van der Waals surface area contributed by atoms with E-state index in [-0.39, 0.29) is 17.5 Å². The van der Waals surface area contributed by atoms with Gasteiger partial charge in [0.05, 0.1) is 13.0 Å². The molecular formula is C21H24N4O5S. The molecule has 0 spiro atoms. The molecular weight excluding hydrogens is 420 g/mol. The Morgan fingerprint density at radius 2 is 2.13 bits per heavy atom. The molecule has 1 atom stereocenters. The third kappa shape index (κ3) is 4.49. The number of furan rings is 1. The Kier molecular flexibility index (Phi) is 6.10. The third-order valence-corrected chi connectivity index (χ3v) is 7.08. The van der Waals surface area contributed by atoms with Crippen LogP contribution in [0.5, 0.6) is 5.75 Å². The molecule has 1 amide bonds. The van der Waals surface area contributed by atoms with Crippen LogP contribution in [0.2, 0.25) is 0 Å². The number of para-hydroxylation sites is 1. The predicted molar refractivity (Wildman–Crippen MR) is 113 cm³/mol. The van der Waals surface area contributed by atoms with Gasteiger partial charge in [0.25, 0.3) is 10.0 Å². The van der Waals surface area contributed by atoms with E-state index in [9.17, 15) is 13.2 Å². The number of carbonyl (C=O) groups excluding carboxylic acids is 1. The number of methoxy groups -OCH3 is 1. The van der Waals surface area contributed by atoms with Gasteiger partial charge in [-0.25, -0.2) is 8.42 Å². The van der Waals surface area contributed by atoms with Crippen molar-refractivity contribution in [1.82, 2.24) is 19.8 Å². The van der Waals surface area contributed by atoms with E-state index in [0.29, 0.717) is 43.1 Å². The lowest BCUT2D eigenvalue weighted by molar-refractivity contribution is -0.126. The van der Waals surface area contributed by atoms with E-state index in [1.165, 1.54) is 10.4 Å². The molecule has 2 N–H and O–H groups in total. The maximum atomic E-state index is 13.1. The topological polar surface area (TPSA) is 118 Å². The average Bonchev–Trinajstić information content (AvgIpc) is 3.50. The summed E-state index contributed by atoms with van der Waals surface area (Å²) in [5.74, 6) is 0.476. The number of aromatic nitrogens is 2. The fourth-order valence-corrected chi connectivity index (χ4v) is 5.11. The van der Waals surface area contributed by atoms with Gasteiger partial charge in [-0.15, -0.1) is 0 Å². The van der Waals surface area contributed by atoms with Crippen LogP contribution in [0.25, 0.3) is 11.5 Å². The summed E-state index contributed by atoms with van der Waals surface area (Å²) in [6, 6.07) is 12.2. The van der Waals surface area contributed by atoms with Crippen LogP contribution < -0.4 is 10.1 Å². The Morgan fingerprint density at radius 3 is 2.90 bits per heavy atom. The molecule has 1 saturated heterocycles. The van der Waals surface area contributed by atoms with Crippen molar-refractivity contribution >= 4 is 15.9 Å².